The molecule has 2 saturated heterocycles. The molecule has 3 rings (SSSR count). The third-order valence-electron chi connectivity index (χ3n) is 4.24. The van der Waals surface area contributed by atoms with Crippen molar-refractivity contribution in [2.24, 2.45) is 5.41 Å². The number of hydrogen-bond acceptors (Lipinski definition) is 5. The van der Waals surface area contributed by atoms with Gasteiger partial charge in [-0.15, -0.1) is 0 Å². The minimum absolute atomic E-state index is 0.217. The first-order valence-corrected chi connectivity index (χ1v) is 9.22. The maximum atomic E-state index is 12.8. The summed E-state index contributed by atoms with van der Waals surface area (Å²) in [7, 11) is -3.56. The molecule has 0 aliphatic carbocycles. The van der Waals surface area contributed by atoms with Crippen molar-refractivity contribution in [3.63, 3.8) is 0 Å². The topological polar surface area (TPSA) is 65.1 Å². The zero-order valence-electron chi connectivity index (χ0n) is 13.7. The van der Waals surface area contributed by atoms with Crippen molar-refractivity contribution in [2.75, 3.05) is 32.9 Å². The Balaban J connectivity index is 1.74. The van der Waals surface area contributed by atoms with Crippen LogP contribution in [-0.2, 0) is 19.5 Å². The number of hydrogen-bond donors (Lipinski definition) is 0. The van der Waals surface area contributed by atoms with E-state index in [0.717, 1.165) is 0 Å². The predicted molar refractivity (Wildman–Crippen MR) is 84.8 cm³/mol. The van der Waals surface area contributed by atoms with Crippen LogP contribution in [0.5, 0.6) is 5.75 Å². The summed E-state index contributed by atoms with van der Waals surface area (Å²) in [5.41, 5.74) is -0.233. The maximum Gasteiger partial charge on any atom is 0.246 e. The van der Waals surface area contributed by atoms with E-state index in [4.69, 9.17) is 14.2 Å². The molecule has 7 heteroatoms. The zero-order chi connectivity index (χ0) is 16.7. The molecular weight excluding hydrogens is 318 g/mol. The minimum Gasteiger partial charge on any atom is -0.492 e. The van der Waals surface area contributed by atoms with Gasteiger partial charge in [-0.25, -0.2) is 8.42 Å². The van der Waals surface area contributed by atoms with Gasteiger partial charge in [-0.3, -0.25) is 0 Å². The van der Waals surface area contributed by atoms with E-state index in [9.17, 15) is 8.42 Å². The van der Waals surface area contributed by atoms with Gasteiger partial charge < -0.3 is 14.2 Å². The van der Waals surface area contributed by atoms with Gasteiger partial charge in [0, 0.05) is 18.5 Å². The van der Waals surface area contributed by atoms with Gasteiger partial charge >= 0.3 is 0 Å². The molecular formula is C16H23NO5S. The van der Waals surface area contributed by atoms with E-state index in [2.05, 4.69) is 0 Å². The molecule has 0 atom stereocenters. The first-order chi connectivity index (χ1) is 10.8. The molecule has 1 aromatic rings. The molecule has 1 spiro atoms. The fourth-order valence-corrected chi connectivity index (χ4v) is 4.67. The molecule has 2 aliphatic heterocycles. The summed E-state index contributed by atoms with van der Waals surface area (Å²) in [6.07, 6.45) is 0. The average molecular weight is 341 g/mol. The lowest BCUT2D eigenvalue weighted by atomic mass is 9.82. The van der Waals surface area contributed by atoms with Crippen LogP contribution >= 0.6 is 0 Å². The molecule has 1 aromatic carbocycles. The Morgan fingerprint density at radius 3 is 2.39 bits per heavy atom. The molecule has 0 saturated carbocycles. The molecule has 2 heterocycles. The van der Waals surface area contributed by atoms with E-state index < -0.39 is 15.8 Å². The summed E-state index contributed by atoms with van der Waals surface area (Å²) < 4.78 is 43.9. The van der Waals surface area contributed by atoms with Gasteiger partial charge in [-0.2, -0.15) is 4.31 Å². The third kappa shape index (κ3) is 3.10. The maximum absolute atomic E-state index is 12.8. The molecule has 0 radical (unpaired) electrons. The standard InChI is InChI=1S/C16H23NO5S/c1-4-20-13-7-5-6-8-14(13)23(18,19)17-9-16(10-17)11-21-15(2,3)22-12-16/h5-8H,4,9-12H2,1-3H3. The van der Waals surface area contributed by atoms with E-state index in [1.807, 2.05) is 20.8 Å². The highest BCUT2D eigenvalue weighted by molar-refractivity contribution is 7.89. The van der Waals surface area contributed by atoms with Gasteiger partial charge in [0.1, 0.15) is 10.6 Å². The normalized spacial score (nSPS) is 23.4. The summed E-state index contributed by atoms with van der Waals surface area (Å²) >= 11 is 0. The highest BCUT2D eigenvalue weighted by Crippen LogP contribution is 2.41. The lowest BCUT2D eigenvalue weighted by Gasteiger charge is -2.53. The van der Waals surface area contributed by atoms with Crippen LogP contribution in [0.4, 0.5) is 0 Å². The van der Waals surface area contributed by atoms with E-state index in [1.165, 1.54) is 4.31 Å². The molecule has 0 bridgehead atoms. The van der Waals surface area contributed by atoms with Crippen LogP contribution < -0.4 is 4.74 Å². The van der Waals surface area contributed by atoms with E-state index in [0.29, 0.717) is 38.7 Å². The summed E-state index contributed by atoms with van der Waals surface area (Å²) in [5, 5.41) is 0. The largest absolute Gasteiger partial charge is 0.492 e. The Bertz CT molecular complexity index is 667. The van der Waals surface area contributed by atoms with Crippen LogP contribution in [0.25, 0.3) is 0 Å². The highest BCUT2D eigenvalue weighted by atomic mass is 32.2. The van der Waals surface area contributed by atoms with Crippen LogP contribution in [0.15, 0.2) is 29.2 Å². The fraction of sp³-hybridized carbons (Fsp3) is 0.625. The van der Waals surface area contributed by atoms with Crippen molar-refractivity contribution in [3.05, 3.63) is 24.3 Å². The van der Waals surface area contributed by atoms with Crippen LogP contribution in [0, 0.1) is 5.41 Å². The third-order valence-corrected chi connectivity index (χ3v) is 6.07. The molecule has 128 valence electrons. The molecule has 2 aliphatic rings. The second kappa shape index (κ2) is 5.73. The minimum atomic E-state index is -3.56. The number of rotatable bonds is 4. The van der Waals surface area contributed by atoms with Crippen LogP contribution in [0.1, 0.15) is 20.8 Å². The first-order valence-electron chi connectivity index (χ1n) is 7.78. The zero-order valence-corrected chi connectivity index (χ0v) is 14.6. The predicted octanol–water partition coefficient (Wildman–Crippen LogP) is 1.86. The van der Waals surface area contributed by atoms with Gasteiger partial charge in [-0.05, 0) is 32.9 Å². The van der Waals surface area contributed by atoms with Crippen LogP contribution in [0.3, 0.4) is 0 Å². The Kier molecular flexibility index (Phi) is 4.16. The molecule has 2 fully saturated rings. The quantitative estimate of drug-likeness (QED) is 0.836. The van der Waals surface area contributed by atoms with Gasteiger partial charge in [0.05, 0.1) is 19.8 Å². The van der Waals surface area contributed by atoms with Crippen molar-refractivity contribution in [1.82, 2.24) is 4.31 Å². The second-order valence-electron chi connectivity index (χ2n) is 6.63. The van der Waals surface area contributed by atoms with Crippen LogP contribution in [-0.4, -0.2) is 51.4 Å². The number of nitrogens with zero attached hydrogens (tertiary/aromatic N) is 1. The van der Waals surface area contributed by atoms with Crippen molar-refractivity contribution in [2.45, 2.75) is 31.5 Å². The SMILES string of the molecule is CCOc1ccccc1S(=O)(=O)N1CC2(COC(C)(C)OC2)C1. The Hall–Kier alpha value is -1.15. The molecule has 0 N–H and O–H groups in total. The summed E-state index contributed by atoms with van der Waals surface area (Å²) in [4.78, 5) is 0.217. The van der Waals surface area contributed by atoms with Crippen molar-refractivity contribution < 1.29 is 22.6 Å². The number of benzene rings is 1. The lowest BCUT2D eigenvalue weighted by molar-refractivity contribution is -0.299. The van der Waals surface area contributed by atoms with E-state index >= 15 is 0 Å². The monoisotopic (exact) mass is 341 g/mol. The van der Waals surface area contributed by atoms with Gasteiger partial charge in [0.15, 0.2) is 5.79 Å². The molecule has 0 aromatic heterocycles. The smallest absolute Gasteiger partial charge is 0.246 e. The average Bonchev–Trinajstić information content (AvgIpc) is 2.46. The van der Waals surface area contributed by atoms with Gasteiger partial charge in [0.25, 0.3) is 0 Å². The van der Waals surface area contributed by atoms with E-state index in [1.54, 1.807) is 24.3 Å². The lowest BCUT2D eigenvalue weighted by Crippen LogP contribution is -2.65. The molecule has 0 amide bonds. The van der Waals surface area contributed by atoms with Crippen molar-refractivity contribution >= 4 is 10.0 Å². The second-order valence-corrected chi connectivity index (χ2v) is 8.54. The van der Waals surface area contributed by atoms with Crippen molar-refractivity contribution in [3.8, 4) is 5.75 Å². The van der Waals surface area contributed by atoms with Gasteiger partial charge in [0.2, 0.25) is 10.0 Å². The first kappa shape index (κ1) is 16.7. The molecule has 0 unspecified atom stereocenters. The number of ether oxygens (including phenoxy) is 3. The Morgan fingerprint density at radius 2 is 1.78 bits per heavy atom. The van der Waals surface area contributed by atoms with Crippen molar-refractivity contribution in [1.29, 1.82) is 0 Å². The van der Waals surface area contributed by atoms with E-state index in [-0.39, 0.29) is 10.3 Å². The Labute approximate surface area is 137 Å². The summed E-state index contributed by atoms with van der Waals surface area (Å²) in [6.45, 7) is 7.83. The molecule has 6 nitrogen and oxygen atoms in total. The fourth-order valence-electron chi connectivity index (χ4n) is 2.87. The summed E-state index contributed by atoms with van der Waals surface area (Å²) in [5.74, 6) is -0.195. The summed E-state index contributed by atoms with van der Waals surface area (Å²) in [6, 6.07) is 6.75. The molecule has 23 heavy (non-hydrogen) atoms. The van der Waals surface area contributed by atoms with Crippen LogP contribution in [0.2, 0.25) is 0 Å². The number of para-hydroxylation sites is 1. The van der Waals surface area contributed by atoms with Gasteiger partial charge in [-0.1, -0.05) is 12.1 Å². The Morgan fingerprint density at radius 1 is 1.17 bits per heavy atom. The highest BCUT2D eigenvalue weighted by Gasteiger charge is 2.52. The number of sulfonamides is 1.